The molecule has 2 atom stereocenters. The summed E-state index contributed by atoms with van der Waals surface area (Å²) in [6.07, 6.45) is 3.58. The van der Waals surface area contributed by atoms with Crippen molar-refractivity contribution in [3.63, 3.8) is 0 Å². The number of rotatable bonds is 7. The Hall–Kier alpha value is -3.28. The average molecular weight is 379 g/mol. The SMILES string of the molecule is COc1ccc([C@H](NC(=O)[C@H](C)c2ccccc2)c2nccn2C)cc1OC. The van der Waals surface area contributed by atoms with Crippen molar-refractivity contribution < 1.29 is 14.3 Å². The topological polar surface area (TPSA) is 65.4 Å². The van der Waals surface area contributed by atoms with E-state index in [0.29, 0.717) is 11.5 Å². The van der Waals surface area contributed by atoms with Crippen molar-refractivity contribution in [1.29, 1.82) is 0 Å². The van der Waals surface area contributed by atoms with Crippen LogP contribution in [0.1, 0.15) is 35.8 Å². The van der Waals surface area contributed by atoms with Gasteiger partial charge in [0.05, 0.1) is 20.1 Å². The number of carbonyl (C=O) groups is 1. The molecule has 6 heteroatoms. The van der Waals surface area contributed by atoms with E-state index in [1.54, 1.807) is 20.4 Å². The van der Waals surface area contributed by atoms with Crippen molar-refractivity contribution in [1.82, 2.24) is 14.9 Å². The number of ether oxygens (including phenoxy) is 2. The second kappa shape index (κ2) is 8.61. The van der Waals surface area contributed by atoms with Crippen LogP contribution in [0.3, 0.4) is 0 Å². The number of aryl methyl sites for hydroxylation is 1. The zero-order chi connectivity index (χ0) is 20.1. The lowest BCUT2D eigenvalue weighted by Gasteiger charge is -2.22. The molecule has 28 heavy (non-hydrogen) atoms. The summed E-state index contributed by atoms with van der Waals surface area (Å²) in [5.41, 5.74) is 1.83. The van der Waals surface area contributed by atoms with Gasteiger partial charge >= 0.3 is 0 Å². The number of nitrogens with one attached hydrogen (secondary N) is 1. The number of hydrogen-bond donors (Lipinski definition) is 1. The summed E-state index contributed by atoms with van der Waals surface area (Å²) in [4.78, 5) is 17.5. The molecule has 6 nitrogen and oxygen atoms in total. The smallest absolute Gasteiger partial charge is 0.228 e. The van der Waals surface area contributed by atoms with Crippen LogP contribution in [0.25, 0.3) is 0 Å². The zero-order valence-electron chi connectivity index (χ0n) is 16.5. The third-order valence-electron chi connectivity index (χ3n) is 4.84. The Labute approximate surface area is 165 Å². The molecule has 0 unspecified atom stereocenters. The van der Waals surface area contributed by atoms with Crippen LogP contribution in [0.15, 0.2) is 60.9 Å². The monoisotopic (exact) mass is 379 g/mol. The molecule has 146 valence electrons. The first-order chi connectivity index (χ1) is 13.5. The van der Waals surface area contributed by atoms with E-state index in [1.165, 1.54) is 0 Å². The highest BCUT2D eigenvalue weighted by molar-refractivity contribution is 5.83. The Morgan fingerprint density at radius 1 is 1.04 bits per heavy atom. The summed E-state index contributed by atoms with van der Waals surface area (Å²) in [5, 5.41) is 3.14. The van der Waals surface area contributed by atoms with Crippen LogP contribution >= 0.6 is 0 Å². The molecular formula is C22H25N3O3. The summed E-state index contributed by atoms with van der Waals surface area (Å²) >= 11 is 0. The van der Waals surface area contributed by atoms with Gasteiger partial charge in [0, 0.05) is 19.4 Å². The van der Waals surface area contributed by atoms with Gasteiger partial charge in [0.1, 0.15) is 11.9 Å². The van der Waals surface area contributed by atoms with Crippen molar-refractivity contribution in [2.24, 2.45) is 7.05 Å². The van der Waals surface area contributed by atoms with Gasteiger partial charge < -0.3 is 19.4 Å². The maximum atomic E-state index is 13.0. The molecule has 3 aromatic rings. The van der Waals surface area contributed by atoms with Gasteiger partial charge in [-0.05, 0) is 30.2 Å². The predicted octanol–water partition coefficient (Wildman–Crippen LogP) is 3.45. The lowest BCUT2D eigenvalue weighted by atomic mass is 9.98. The van der Waals surface area contributed by atoms with Gasteiger partial charge in [0.2, 0.25) is 5.91 Å². The van der Waals surface area contributed by atoms with E-state index in [0.717, 1.165) is 17.0 Å². The van der Waals surface area contributed by atoms with Crippen LogP contribution in [0.5, 0.6) is 11.5 Å². The third kappa shape index (κ3) is 4.01. The van der Waals surface area contributed by atoms with Crippen molar-refractivity contribution in [3.8, 4) is 11.5 Å². The van der Waals surface area contributed by atoms with Crippen LogP contribution < -0.4 is 14.8 Å². The highest BCUT2D eigenvalue weighted by atomic mass is 16.5. The summed E-state index contributed by atoms with van der Waals surface area (Å²) in [6.45, 7) is 1.90. The molecule has 1 heterocycles. The molecule has 2 aromatic carbocycles. The van der Waals surface area contributed by atoms with Gasteiger partial charge in [-0.15, -0.1) is 0 Å². The minimum Gasteiger partial charge on any atom is -0.493 e. The maximum Gasteiger partial charge on any atom is 0.228 e. The molecule has 0 aliphatic heterocycles. The molecule has 1 N–H and O–H groups in total. The van der Waals surface area contributed by atoms with Crippen molar-refractivity contribution in [2.75, 3.05) is 14.2 Å². The molecule has 0 aliphatic carbocycles. The molecule has 0 saturated carbocycles. The lowest BCUT2D eigenvalue weighted by Crippen LogP contribution is -2.34. The van der Waals surface area contributed by atoms with Crippen LogP contribution in [0, 0.1) is 0 Å². The van der Waals surface area contributed by atoms with Gasteiger partial charge in [-0.25, -0.2) is 4.98 Å². The molecule has 0 saturated heterocycles. The fourth-order valence-electron chi connectivity index (χ4n) is 3.14. The highest BCUT2D eigenvalue weighted by Gasteiger charge is 2.25. The minimum absolute atomic E-state index is 0.0750. The number of imidazole rings is 1. The van der Waals surface area contributed by atoms with Gasteiger partial charge in [-0.1, -0.05) is 36.4 Å². The second-order valence-electron chi connectivity index (χ2n) is 6.58. The Balaban J connectivity index is 1.95. The second-order valence-corrected chi connectivity index (χ2v) is 6.58. The number of carbonyl (C=O) groups excluding carboxylic acids is 1. The fourth-order valence-corrected chi connectivity index (χ4v) is 3.14. The quantitative estimate of drug-likeness (QED) is 0.683. The van der Waals surface area contributed by atoms with Gasteiger partial charge in [-0.2, -0.15) is 0 Å². The number of amides is 1. The first-order valence-electron chi connectivity index (χ1n) is 9.09. The molecule has 0 radical (unpaired) electrons. The third-order valence-corrected chi connectivity index (χ3v) is 4.84. The first kappa shape index (κ1) is 19.5. The van der Waals surface area contributed by atoms with Gasteiger partial charge in [0.25, 0.3) is 0 Å². The zero-order valence-corrected chi connectivity index (χ0v) is 16.5. The molecule has 0 bridgehead atoms. The Morgan fingerprint density at radius 3 is 2.36 bits per heavy atom. The van der Waals surface area contributed by atoms with Crippen LogP contribution in [0.2, 0.25) is 0 Å². The lowest BCUT2D eigenvalue weighted by molar-refractivity contribution is -0.122. The van der Waals surface area contributed by atoms with Crippen molar-refractivity contribution in [3.05, 3.63) is 77.9 Å². The average Bonchev–Trinajstić information content (AvgIpc) is 3.16. The molecule has 1 amide bonds. The summed E-state index contributed by atoms with van der Waals surface area (Å²) in [6, 6.07) is 14.9. The van der Waals surface area contributed by atoms with E-state index in [2.05, 4.69) is 10.3 Å². The largest absolute Gasteiger partial charge is 0.493 e. The molecule has 0 fully saturated rings. The molecule has 0 aliphatic rings. The van der Waals surface area contributed by atoms with E-state index in [1.807, 2.05) is 73.3 Å². The van der Waals surface area contributed by atoms with E-state index >= 15 is 0 Å². The number of methoxy groups -OCH3 is 2. The standard InChI is InChI=1S/C22H25N3O3/c1-15(16-8-6-5-7-9-16)22(26)24-20(21-23-12-13-25(21)2)17-10-11-18(27-3)19(14-17)28-4/h5-15,20H,1-4H3,(H,24,26)/t15-,20+/m1/s1. The van der Waals surface area contributed by atoms with Crippen LogP contribution in [-0.4, -0.2) is 29.7 Å². The number of hydrogen-bond acceptors (Lipinski definition) is 4. The van der Waals surface area contributed by atoms with Gasteiger partial charge in [-0.3, -0.25) is 4.79 Å². The summed E-state index contributed by atoms with van der Waals surface area (Å²) < 4.78 is 12.7. The normalized spacial score (nSPS) is 12.9. The van der Waals surface area contributed by atoms with Crippen LogP contribution in [-0.2, 0) is 11.8 Å². The van der Waals surface area contributed by atoms with Crippen LogP contribution in [0.4, 0.5) is 0 Å². The number of benzene rings is 2. The highest BCUT2D eigenvalue weighted by Crippen LogP contribution is 2.32. The summed E-state index contributed by atoms with van der Waals surface area (Å²) in [7, 11) is 5.09. The molecule has 1 aromatic heterocycles. The van der Waals surface area contributed by atoms with Gasteiger partial charge in [0.15, 0.2) is 11.5 Å². The molecular weight excluding hydrogens is 354 g/mol. The predicted molar refractivity (Wildman–Crippen MR) is 108 cm³/mol. The fraction of sp³-hybridized carbons (Fsp3) is 0.273. The Kier molecular flexibility index (Phi) is 5.99. The van der Waals surface area contributed by atoms with E-state index in [4.69, 9.17) is 9.47 Å². The van der Waals surface area contributed by atoms with E-state index < -0.39 is 6.04 Å². The molecule has 3 rings (SSSR count). The molecule has 0 spiro atoms. The summed E-state index contributed by atoms with van der Waals surface area (Å²) in [5.74, 6) is 1.61. The van der Waals surface area contributed by atoms with Crippen molar-refractivity contribution >= 4 is 5.91 Å². The first-order valence-corrected chi connectivity index (χ1v) is 9.09. The number of nitrogens with zero attached hydrogens (tertiary/aromatic N) is 2. The van der Waals surface area contributed by atoms with E-state index in [-0.39, 0.29) is 11.8 Å². The Morgan fingerprint density at radius 2 is 1.75 bits per heavy atom. The maximum absolute atomic E-state index is 13.0. The number of aromatic nitrogens is 2. The minimum atomic E-state index is -0.418. The van der Waals surface area contributed by atoms with E-state index in [9.17, 15) is 4.79 Å². The Bertz CT molecular complexity index is 937. The van der Waals surface area contributed by atoms with Crippen molar-refractivity contribution in [2.45, 2.75) is 18.9 Å².